The molecule has 0 aliphatic carbocycles. The van der Waals surface area contributed by atoms with Crippen LogP contribution in [0.3, 0.4) is 0 Å². The van der Waals surface area contributed by atoms with Crippen molar-refractivity contribution in [3.63, 3.8) is 0 Å². The predicted octanol–water partition coefficient (Wildman–Crippen LogP) is 1.48. The molecular weight excluding hydrogens is 248 g/mol. The van der Waals surface area contributed by atoms with Crippen molar-refractivity contribution in [1.82, 2.24) is 18.6 Å². The fraction of sp³-hybridized carbons (Fsp3) is 0.333. The highest BCUT2D eigenvalue weighted by atomic mass is 32.1. The highest BCUT2D eigenvalue weighted by molar-refractivity contribution is 6.99. The summed E-state index contributed by atoms with van der Waals surface area (Å²) in [6, 6.07) is 5.87. The minimum Gasteiger partial charge on any atom is -0.336 e. The van der Waals surface area contributed by atoms with E-state index in [-0.39, 0.29) is 5.91 Å². The number of carbonyl (C=O) groups is 1. The summed E-state index contributed by atoms with van der Waals surface area (Å²) in [5.74, 6) is 0.329. The third kappa shape index (κ3) is 1.88. The molecule has 0 radical (unpaired) electrons. The van der Waals surface area contributed by atoms with E-state index in [4.69, 9.17) is 0 Å². The average molecular weight is 260 g/mol. The van der Waals surface area contributed by atoms with Gasteiger partial charge in [0.25, 0.3) is 5.91 Å². The second kappa shape index (κ2) is 4.45. The molecule has 0 N–H and O–H groups in total. The largest absolute Gasteiger partial charge is 0.336 e. The molecule has 0 atom stereocenters. The molecule has 2 aromatic rings. The molecule has 3 rings (SSSR count). The van der Waals surface area contributed by atoms with Crippen LogP contribution in [0.2, 0.25) is 0 Å². The van der Waals surface area contributed by atoms with Gasteiger partial charge in [-0.15, -0.1) is 0 Å². The summed E-state index contributed by atoms with van der Waals surface area (Å²) in [6.07, 6.45) is 1.79. The fourth-order valence-corrected chi connectivity index (χ4v) is 2.57. The lowest BCUT2D eigenvalue weighted by Crippen LogP contribution is -2.49. The van der Waals surface area contributed by atoms with Gasteiger partial charge in [0.2, 0.25) is 0 Å². The maximum absolute atomic E-state index is 12.1. The Morgan fingerprint density at radius 2 is 2.22 bits per heavy atom. The zero-order valence-electron chi connectivity index (χ0n) is 9.91. The molecule has 18 heavy (non-hydrogen) atoms. The van der Waals surface area contributed by atoms with Crippen molar-refractivity contribution in [3.05, 3.63) is 41.5 Å². The van der Waals surface area contributed by atoms with Crippen LogP contribution in [0, 0.1) is 6.92 Å². The van der Waals surface area contributed by atoms with Crippen LogP contribution in [0.4, 0.5) is 0 Å². The topological polar surface area (TPSA) is 59.0 Å². The highest BCUT2D eigenvalue weighted by Gasteiger charge is 2.34. The molecule has 1 aliphatic heterocycles. The molecule has 1 aliphatic rings. The van der Waals surface area contributed by atoms with E-state index >= 15 is 0 Å². The lowest BCUT2D eigenvalue weighted by atomic mass is 9.95. The van der Waals surface area contributed by atoms with Gasteiger partial charge >= 0.3 is 0 Å². The summed E-state index contributed by atoms with van der Waals surface area (Å²) in [4.78, 5) is 18.2. The molecule has 6 heteroatoms. The van der Waals surface area contributed by atoms with Gasteiger partial charge in [0.15, 0.2) is 5.69 Å². The molecule has 0 bridgehead atoms. The highest BCUT2D eigenvalue weighted by Crippen LogP contribution is 2.26. The third-order valence-corrected chi connectivity index (χ3v) is 3.75. The number of rotatable bonds is 2. The van der Waals surface area contributed by atoms with Gasteiger partial charge in [0.1, 0.15) is 0 Å². The zero-order chi connectivity index (χ0) is 12.5. The van der Waals surface area contributed by atoms with Gasteiger partial charge < -0.3 is 4.90 Å². The molecular formula is C12H12N4OS. The summed E-state index contributed by atoms with van der Waals surface area (Å²) >= 11 is 1.08. The van der Waals surface area contributed by atoms with E-state index in [1.807, 2.05) is 25.1 Å². The molecule has 0 aromatic carbocycles. The zero-order valence-corrected chi connectivity index (χ0v) is 10.7. The van der Waals surface area contributed by atoms with Crippen molar-refractivity contribution in [2.24, 2.45) is 0 Å². The van der Waals surface area contributed by atoms with Crippen LogP contribution >= 0.6 is 11.7 Å². The van der Waals surface area contributed by atoms with Crippen molar-refractivity contribution in [2.45, 2.75) is 12.8 Å². The SMILES string of the molecule is Cc1nsnc1C(=O)N1CC(c2ccccn2)C1. The van der Waals surface area contributed by atoms with E-state index in [9.17, 15) is 4.79 Å². The van der Waals surface area contributed by atoms with Crippen molar-refractivity contribution in [1.29, 1.82) is 0 Å². The Morgan fingerprint density at radius 1 is 1.39 bits per heavy atom. The third-order valence-electron chi connectivity index (χ3n) is 3.13. The Morgan fingerprint density at radius 3 is 2.83 bits per heavy atom. The van der Waals surface area contributed by atoms with Crippen molar-refractivity contribution in [3.8, 4) is 0 Å². The van der Waals surface area contributed by atoms with Gasteiger partial charge in [-0.05, 0) is 19.1 Å². The van der Waals surface area contributed by atoms with Crippen LogP contribution in [0.5, 0.6) is 0 Å². The predicted molar refractivity (Wildman–Crippen MR) is 67.5 cm³/mol. The Balaban J connectivity index is 1.66. The number of aryl methyl sites for hydroxylation is 1. The second-order valence-corrected chi connectivity index (χ2v) is 4.89. The summed E-state index contributed by atoms with van der Waals surface area (Å²) in [5, 5.41) is 0. The monoisotopic (exact) mass is 260 g/mol. The number of pyridine rings is 1. The number of hydrogen-bond acceptors (Lipinski definition) is 5. The molecule has 92 valence electrons. The molecule has 1 amide bonds. The second-order valence-electron chi connectivity index (χ2n) is 4.36. The molecule has 5 nitrogen and oxygen atoms in total. The lowest BCUT2D eigenvalue weighted by molar-refractivity contribution is 0.0593. The first-order valence-corrected chi connectivity index (χ1v) is 6.48. The van der Waals surface area contributed by atoms with Crippen LogP contribution in [-0.4, -0.2) is 37.6 Å². The quantitative estimate of drug-likeness (QED) is 0.820. The average Bonchev–Trinajstić information content (AvgIpc) is 2.75. The number of carbonyl (C=O) groups excluding carboxylic acids is 1. The molecule has 3 heterocycles. The first-order chi connectivity index (χ1) is 8.75. The van der Waals surface area contributed by atoms with Gasteiger partial charge in [-0.25, -0.2) is 0 Å². The molecule has 1 fully saturated rings. The van der Waals surface area contributed by atoms with E-state index in [1.165, 1.54) is 0 Å². The number of likely N-dealkylation sites (tertiary alicyclic amines) is 1. The van der Waals surface area contributed by atoms with Gasteiger partial charge in [-0.3, -0.25) is 9.78 Å². The summed E-state index contributed by atoms with van der Waals surface area (Å²) in [5.41, 5.74) is 2.25. The maximum atomic E-state index is 12.1. The Bertz CT molecular complexity index is 562. The standard InChI is InChI=1S/C12H12N4OS/c1-8-11(15-18-14-8)12(17)16-6-9(7-16)10-4-2-3-5-13-10/h2-5,9H,6-7H2,1H3. The Kier molecular flexibility index (Phi) is 2.79. The Labute approximate surface area is 109 Å². The van der Waals surface area contributed by atoms with Crippen molar-refractivity contribution in [2.75, 3.05) is 13.1 Å². The van der Waals surface area contributed by atoms with E-state index in [1.54, 1.807) is 11.1 Å². The van der Waals surface area contributed by atoms with Crippen LogP contribution in [0.15, 0.2) is 24.4 Å². The first kappa shape index (κ1) is 11.3. The van der Waals surface area contributed by atoms with Crippen LogP contribution < -0.4 is 0 Å². The smallest absolute Gasteiger partial charge is 0.275 e. The van der Waals surface area contributed by atoms with Gasteiger partial charge in [0.05, 0.1) is 17.4 Å². The van der Waals surface area contributed by atoms with Gasteiger partial charge in [0, 0.05) is 30.9 Å². The van der Waals surface area contributed by atoms with E-state index in [0.717, 1.165) is 17.4 Å². The first-order valence-electron chi connectivity index (χ1n) is 5.75. The molecule has 0 spiro atoms. The Hall–Kier alpha value is -1.82. The number of amides is 1. The maximum Gasteiger partial charge on any atom is 0.275 e. The number of nitrogens with zero attached hydrogens (tertiary/aromatic N) is 4. The minimum absolute atomic E-state index is 0.0200. The summed E-state index contributed by atoms with van der Waals surface area (Å²) in [7, 11) is 0. The molecule has 0 saturated carbocycles. The molecule has 0 unspecified atom stereocenters. The number of aromatic nitrogens is 3. The van der Waals surface area contributed by atoms with E-state index < -0.39 is 0 Å². The normalized spacial score (nSPS) is 15.5. The van der Waals surface area contributed by atoms with Gasteiger partial charge in [-0.1, -0.05) is 6.07 Å². The fourth-order valence-electron chi connectivity index (χ4n) is 2.02. The summed E-state index contributed by atoms with van der Waals surface area (Å²) in [6.45, 7) is 3.24. The van der Waals surface area contributed by atoms with E-state index in [0.29, 0.717) is 30.4 Å². The lowest BCUT2D eigenvalue weighted by Gasteiger charge is -2.38. The van der Waals surface area contributed by atoms with Crippen LogP contribution in [0.1, 0.15) is 27.8 Å². The molecule has 2 aromatic heterocycles. The van der Waals surface area contributed by atoms with Crippen LogP contribution in [0.25, 0.3) is 0 Å². The minimum atomic E-state index is -0.0200. The molecule has 1 saturated heterocycles. The van der Waals surface area contributed by atoms with Crippen molar-refractivity contribution < 1.29 is 4.79 Å². The van der Waals surface area contributed by atoms with Gasteiger partial charge in [-0.2, -0.15) is 8.75 Å². The van der Waals surface area contributed by atoms with E-state index in [2.05, 4.69) is 13.7 Å². The van der Waals surface area contributed by atoms with Crippen LogP contribution in [-0.2, 0) is 0 Å². The van der Waals surface area contributed by atoms with Crippen molar-refractivity contribution >= 4 is 17.6 Å². The summed E-state index contributed by atoms with van der Waals surface area (Å²) < 4.78 is 8.07. The number of hydrogen-bond donors (Lipinski definition) is 0.